The first-order chi connectivity index (χ1) is 18.7. The molecule has 226 valence electrons. The minimum absolute atomic E-state index is 0.00488. The molecule has 0 spiro atoms. The quantitative estimate of drug-likeness (QED) is 0.148. The fourth-order valence-corrected chi connectivity index (χ4v) is 3.74. The van der Waals surface area contributed by atoms with Gasteiger partial charge in [0, 0.05) is 5.92 Å². The van der Waals surface area contributed by atoms with Crippen LogP contribution in [0.4, 0.5) is 4.79 Å². The van der Waals surface area contributed by atoms with E-state index in [4.69, 9.17) is 24.7 Å². The molecular formula is C30H47NO9. The van der Waals surface area contributed by atoms with Crippen molar-refractivity contribution in [1.29, 1.82) is 0 Å². The lowest BCUT2D eigenvalue weighted by Gasteiger charge is -2.28. The molecule has 1 aromatic rings. The molecule has 5 atom stereocenters. The molecule has 0 saturated carbocycles. The normalized spacial score (nSPS) is 15.1. The smallest absolute Gasteiger partial charge is 0.480 e. The van der Waals surface area contributed by atoms with Crippen molar-refractivity contribution in [3.8, 4) is 11.5 Å². The molecule has 3 N–H and O–H groups in total. The van der Waals surface area contributed by atoms with Gasteiger partial charge in [-0.1, -0.05) is 74.3 Å². The molecule has 0 aromatic heterocycles. The van der Waals surface area contributed by atoms with Crippen LogP contribution in [0.2, 0.25) is 0 Å². The standard InChI is InChI=1S/C30H47NO9/c1-9-10-11-14-37-30(36)38-16-19(6)25(26(31)27(32)33)22-12-13-23(39-28(34)20(7)17(2)3)24(15-22)40-29(35)21(8)18(4)5/h12-13,15,17-21,25-26H,9-11,14,16,31H2,1-8H3,(H,32,33)/t19?,20?,21?,25?,26-/m0/s1. The molecule has 0 amide bonds. The number of carbonyl (C=O) groups is 4. The summed E-state index contributed by atoms with van der Waals surface area (Å²) in [6.45, 7) is 14.8. The Morgan fingerprint density at radius 2 is 1.38 bits per heavy atom. The van der Waals surface area contributed by atoms with Gasteiger partial charge in [0.15, 0.2) is 11.5 Å². The zero-order valence-corrected chi connectivity index (χ0v) is 25.1. The first-order valence-electron chi connectivity index (χ1n) is 14.1. The molecule has 10 heteroatoms. The number of carboxylic acid groups (broad SMARTS) is 1. The van der Waals surface area contributed by atoms with Crippen molar-refractivity contribution in [2.45, 2.75) is 86.6 Å². The Balaban J connectivity index is 3.34. The number of carboxylic acids is 1. The highest BCUT2D eigenvalue weighted by Crippen LogP contribution is 2.37. The van der Waals surface area contributed by atoms with Crippen LogP contribution in [0.1, 0.15) is 86.1 Å². The third-order valence-corrected chi connectivity index (χ3v) is 7.23. The van der Waals surface area contributed by atoms with E-state index in [1.54, 1.807) is 26.8 Å². The summed E-state index contributed by atoms with van der Waals surface area (Å²) in [5.74, 6) is -4.50. The van der Waals surface area contributed by atoms with Crippen molar-refractivity contribution >= 4 is 24.1 Å². The lowest BCUT2D eigenvalue weighted by molar-refractivity contribution is -0.142. The van der Waals surface area contributed by atoms with Gasteiger partial charge in [0.2, 0.25) is 0 Å². The topological polar surface area (TPSA) is 151 Å². The van der Waals surface area contributed by atoms with Gasteiger partial charge in [0.1, 0.15) is 6.04 Å². The molecule has 0 heterocycles. The Hall–Kier alpha value is -3.14. The fourth-order valence-electron chi connectivity index (χ4n) is 3.74. The van der Waals surface area contributed by atoms with Gasteiger partial charge in [-0.15, -0.1) is 0 Å². The molecule has 1 aromatic carbocycles. The summed E-state index contributed by atoms with van der Waals surface area (Å²) < 4.78 is 21.6. The largest absolute Gasteiger partial charge is 0.508 e. The summed E-state index contributed by atoms with van der Waals surface area (Å²) >= 11 is 0. The number of unbranched alkanes of at least 4 members (excludes halogenated alkanes) is 2. The number of benzene rings is 1. The van der Waals surface area contributed by atoms with Crippen molar-refractivity contribution in [3.05, 3.63) is 23.8 Å². The van der Waals surface area contributed by atoms with E-state index in [1.165, 1.54) is 12.1 Å². The van der Waals surface area contributed by atoms with Crippen LogP contribution in [0.25, 0.3) is 0 Å². The van der Waals surface area contributed by atoms with Crippen LogP contribution in [0.15, 0.2) is 18.2 Å². The molecular weight excluding hydrogens is 518 g/mol. The number of carbonyl (C=O) groups excluding carboxylic acids is 3. The van der Waals surface area contributed by atoms with E-state index in [9.17, 15) is 24.3 Å². The first kappa shape index (κ1) is 34.9. The second-order valence-electron chi connectivity index (χ2n) is 11.1. The van der Waals surface area contributed by atoms with Crippen LogP contribution < -0.4 is 15.2 Å². The van der Waals surface area contributed by atoms with E-state index in [0.29, 0.717) is 5.56 Å². The van der Waals surface area contributed by atoms with Crippen LogP contribution in [0.5, 0.6) is 11.5 Å². The highest BCUT2D eigenvalue weighted by atomic mass is 16.7. The summed E-state index contributed by atoms with van der Waals surface area (Å²) in [4.78, 5) is 49.5. The van der Waals surface area contributed by atoms with E-state index >= 15 is 0 Å². The van der Waals surface area contributed by atoms with E-state index < -0.39 is 53.8 Å². The lowest BCUT2D eigenvalue weighted by Crippen LogP contribution is -2.40. The summed E-state index contributed by atoms with van der Waals surface area (Å²) in [6, 6.07) is 3.12. The molecule has 10 nitrogen and oxygen atoms in total. The maximum atomic E-state index is 12.8. The first-order valence-corrected chi connectivity index (χ1v) is 14.1. The number of hydrogen-bond donors (Lipinski definition) is 2. The maximum absolute atomic E-state index is 12.8. The highest BCUT2D eigenvalue weighted by Gasteiger charge is 2.33. The van der Waals surface area contributed by atoms with Gasteiger partial charge in [-0.05, 0) is 41.9 Å². The van der Waals surface area contributed by atoms with Crippen LogP contribution in [0, 0.1) is 29.6 Å². The van der Waals surface area contributed by atoms with Crippen LogP contribution in [0.3, 0.4) is 0 Å². The monoisotopic (exact) mass is 565 g/mol. The third kappa shape index (κ3) is 10.8. The number of ether oxygens (including phenoxy) is 4. The Morgan fingerprint density at radius 1 is 0.825 bits per heavy atom. The number of hydrogen-bond acceptors (Lipinski definition) is 9. The average Bonchev–Trinajstić information content (AvgIpc) is 2.89. The predicted octanol–water partition coefficient (Wildman–Crippen LogP) is 5.56. The highest BCUT2D eigenvalue weighted by molar-refractivity contribution is 5.79. The second-order valence-corrected chi connectivity index (χ2v) is 11.1. The second kappa shape index (κ2) is 16.8. The Kier molecular flexibility index (Phi) is 14.7. The number of rotatable bonds is 16. The minimum atomic E-state index is -1.37. The average molecular weight is 566 g/mol. The van der Waals surface area contributed by atoms with Gasteiger partial charge < -0.3 is 29.8 Å². The molecule has 40 heavy (non-hydrogen) atoms. The van der Waals surface area contributed by atoms with Gasteiger partial charge in [0.25, 0.3) is 0 Å². The zero-order valence-electron chi connectivity index (χ0n) is 25.1. The summed E-state index contributed by atoms with van der Waals surface area (Å²) in [5.41, 5.74) is 6.50. The predicted molar refractivity (Wildman–Crippen MR) is 150 cm³/mol. The van der Waals surface area contributed by atoms with Crippen molar-refractivity contribution in [3.63, 3.8) is 0 Å². The zero-order chi connectivity index (χ0) is 30.6. The molecule has 0 aliphatic heterocycles. The van der Waals surface area contributed by atoms with Crippen molar-refractivity contribution in [2.75, 3.05) is 13.2 Å². The third-order valence-electron chi connectivity index (χ3n) is 7.23. The van der Waals surface area contributed by atoms with Gasteiger partial charge in [-0.2, -0.15) is 0 Å². The molecule has 0 radical (unpaired) electrons. The molecule has 4 unspecified atom stereocenters. The number of nitrogens with two attached hydrogens (primary N) is 1. The SMILES string of the molecule is CCCCCOC(=O)OCC(C)C(c1ccc(OC(=O)C(C)C(C)C)c(OC(=O)C(C)C(C)C)c1)[C@H](N)C(=O)O. The van der Waals surface area contributed by atoms with E-state index in [0.717, 1.165) is 19.3 Å². The van der Waals surface area contributed by atoms with Gasteiger partial charge in [0.05, 0.1) is 25.0 Å². The summed E-state index contributed by atoms with van der Waals surface area (Å²) in [6.07, 6.45) is 1.78. The Morgan fingerprint density at radius 3 is 1.88 bits per heavy atom. The fraction of sp³-hybridized carbons (Fsp3) is 0.667. The molecule has 0 bridgehead atoms. The molecule has 0 fully saturated rings. The van der Waals surface area contributed by atoms with Crippen molar-refractivity contribution in [2.24, 2.45) is 35.3 Å². The van der Waals surface area contributed by atoms with E-state index in [1.807, 2.05) is 34.6 Å². The summed E-state index contributed by atoms with van der Waals surface area (Å²) in [5, 5.41) is 9.73. The Bertz CT molecular complexity index is 991. The van der Waals surface area contributed by atoms with Gasteiger partial charge in [-0.3, -0.25) is 14.4 Å². The van der Waals surface area contributed by atoms with Crippen LogP contribution in [-0.2, 0) is 23.9 Å². The molecule has 0 saturated heterocycles. The Labute approximate surface area is 237 Å². The van der Waals surface area contributed by atoms with Crippen LogP contribution in [-0.4, -0.2) is 48.4 Å². The number of esters is 2. The van der Waals surface area contributed by atoms with E-state index in [2.05, 4.69) is 0 Å². The molecule has 1 rings (SSSR count). The minimum Gasteiger partial charge on any atom is -0.480 e. The summed E-state index contributed by atoms with van der Waals surface area (Å²) in [7, 11) is 0. The van der Waals surface area contributed by atoms with Crippen LogP contribution >= 0.6 is 0 Å². The van der Waals surface area contributed by atoms with Gasteiger partial charge in [-0.25, -0.2) is 4.79 Å². The molecule has 0 aliphatic carbocycles. The number of aliphatic carboxylic acids is 1. The lowest BCUT2D eigenvalue weighted by atomic mass is 9.82. The molecule has 0 aliphatic rings. The van der Waals surface area contributed by atoms with E-state index in [-0.39, 0.29) is 36.5 Å². The van der Waals surface area contributed by atoms with Gasteiger partial charge >= 0.3 is 24.1 Å². The maximum Gasteiger partial charge on any atom is 0.508 e. The van der Waals surface area contributed by atoms with Crippen molar-refractivity contribution < 1.29 is 43.2 Å². The van der Waals surface area contributed by atoms with Crippen molar-refractivity contribution in [1.82, 2.24) is 0 Å².